The monoisotopic (exact) mass is 517 g/mol. The van der Waals surface area contributed by atoms with Crippen LogP contribution in [0.15, 0.2) is 137 Å². The molecule has 1 aliphatic heterocycles. The maximum Gasteiger partial charge on any atom is 0.0607 e. The molecule has 0 unspecified atom stereocenters. The number of rotatable bonds is 2. The summed E-state index contributed by atoms with van der Waals surface area (Å²) in [5.74, 6) is 0. The van der Waals surface area contributed by atoms with Crippen LogP contribution in [0.5, 0.6) is 0 Å². The van der Waals surface area contributed by atoms with Crippen molar-refractivity contribution in [3.63, 3.8) is 0 Å². The predicted molar refractivity (Wildman–Crippen MR) is 166 cm³/mol. The molecule has 0 N–H and O–H groups in total. The second-order valence-corrected chi connectivity index (χ2v) is 12.1. The van der Waals surface area contributed by atoms with Crippen molar-refractivity contribution in [2.75, 3.05) is 4.90 Å². The van der Waals surface area contributed by atoms with E-state index < -0.39 is 0 Å². The zero-order chi connectivity index (χ0) is 26.1. The molecule has 0 atom stereocenters. The molecule has 8 rings (SSSR count). The van der Waals surface area contributed by atoms with Gasteiger partial charge in [0.2, 0.25) is 0 Å². The molecule has 6 aromatic carbocycles. The second-order valence-electron chi connectivity index (χ2n) is 11.0. The summed E-state index contributed by atoms with van der Waals surface area (Å²) in [7, 11) is 0. The molecule has 0 fully saturated rings. The van der Waals surface area contributed by atoms with E-state index in [1.807, 2.05) is 11.8 Å². The van der Waals surface area contributed by atoms with E-state index in [0.29, 0.717) is 0 Å². The Kier molecular flexibility index (Phi) is 4.87. The Morgan fingerprint density at radius 1 is 0.564 bits per heavy atom. The van der Waals surface area contributed by atoms with Crippen molar-refractivity contribution < 1.29 is 0 Å². The minimum atomic E-state index is -0.0604. The van der Waals surface area contributed by atoms with E-state index >= 15 is 0 Å². The summed E-state index contributed by atoms with van der Waals surface area (Å²) < 4.78 is 0. The lowest BCUT2D eigenvalue weighted by molar-refractivity contribution is 0.647. The lowest BCUT2D eigenvalue weighted by atomic mass is 9.82. The lowest BCUT2D eigenvalue weighted by Crippen LogP contribution is -2.20. The fourth-order valence-electron chi connectivity index (χ4n) is 6.52. The van der Waals surface area contributed by atoms with Gasteiger partial charge in [-0.3, -0.25) is 0 Å². The van der Waals surface area contributed by atoms with Crippen LogP contribution in [0.4, 0.5) is 17.1 Å². The minimum absolute atomic E-state index is 0.0604. The smallest absolute Gasteiger partial charge is 0.0607 e. The normalized spacial score (nSPS) is 14.5. The quantitative estimate of drug-likeness (QED) is 0.224. The molecule has 1 aliphatic carbocycles. The SMILES string of the molecule is CC1(C)c2ccccc2-c2ccc3c(c21)Sc1ccc(-c2ccc4ccccc4c2)cc1N3c1ccccc1. The highest BCUT2D eigenvalue weighted by molar-refractivity contribution is 7.99. The Bertz CT molecular complexity index is 1920. The van der Waals surface area contributed by atoms with Gasteiger partial charge in [0.25, 0.3) is 0 Å². The maximum absolute atomic E-state index is 2.46. The summed E-state index contributed by atoms with van der Waals surface area (Å²) in [6.07, 6.45) is 0. The predicted octanol–water partition coefficient (Wildman–Crippen LogP) is 10.7. The molecule has 1 heterocycles. The molecule has 2 aliphatic rings. The second kappa shape index (κ2) is 8.36. The number of hydrogen-bond donors (Lipinski definition) is 0. The van der Waals surface area contributed by atoms with Crippen LogP contribution in [0.2, 0.25) is 0 Å². The molecule has 0 aromatic heterocycles. The maximum atomic E-state index is 2.46. The Balaban J connectivity index is 1.34. The van der Waals surface area contributed by atoms with E-state index in [2.05, 4.69) is 146 Å². The van der Waals surface area contributed by atoms with Gasteiger partial charge < -0.3 is 4.90 Å². The standard InChI is InChI=1S/C37H27NS/c1-37(2)31-15-9-8-14-29(31)30-19-20-32-36(35(30)37)39-34-21-18-27(23-33(34)38(32)28-12-4-3-5-13-28)26-17-16-24-10-6-7-11-25(24)22-26/h3-23H,1-2H3. The molecule has 0 radical (unpaired) electrons. The summed E-state index contributed by atoms with van der Waals surface area (Å²) in [6, 6.07) is 46.7. The highest BCUT2D eigenvalue weighted by Crippen LogP contribution is 2.60. The van der Waals surface area contributed by atoms with Crippen molar-refractivity contribution in [3.05, 3.63) is 139 Å². The van der Waals surface area contributed by atoms with Gasteiger partial charge in [-0.25, -0.2) is 0 Å². The van der Waals surface area contributed by atoms with Crippen LogP contribution in [-0.4, -0.2) is 0 Å². The molecule has 0 saturated heterocycles. The number of fused-ring (bicyclic) bond motifs is 7. The van der Waals surface area contributed by atoms with E-state index in [1.165, 1.54) is 71.0 Å². The van der Waals surface area contributed by atoms with Crippen molar-refractivity contribution in [2.24, 2.45) is 0 Å². The largest absolute Gasteiger partial charge is 0.308 e. The van der Waals surface area contributed by atoms with Gasteiger partial charge in [0.15, 0.2) is 0 Å². The van der Waals surface area contributed by atoms with Gasteiger partial charge in [0, 0.05) is 20.9 Å². The minimum Gasteiger partial charge on any atom is -0.308 e. The molecule has 0 amide bonds. The Labute approximate surface area is 233 Å². The van der Waals surface area contributed by atoms with Crippen LogP contribution in [-0.2, 0) is 5.41 Å². The van der Waals surface area contributed by atoms with Gasteiger partial charge in [-0.2, -0.15) is 0 Å². The fourth-order valence-corrected chi connectivity index (χ4v) is 7.86. The molecule has 0 spiro atoms. The summed E-state index contributed by atoms with van der Waals surface area (Å²) in [5, 5.41) is 2.54. The topological polar surface area (TPSA) is 3.24 Å². The summed E-state index contributed by atoms with van der Waals surface area (Å²) in [6.45, 7) is 4.76. The van der Waals surface area contributed by atoms with Crippen LogP contribution in [0.1, 0.15) is 25.0 Å². The van der Waals surface area contributed by atoms with E-state index in [0.717, 1.165) is 0 Å². The third-order valence-corrected chi connectivity index (χ3v) is 9.58. The third kappa shape index (κ3) is 3.35. The van der Waals surface area contributed by atoms with Crippen LogP contribution in [0.25, 0.3) is 33.0 Å². The number of benzene rings is 6. The first-order valence-corrected chi connectivity index (χ1v) is 14.3. The van der Waals surface area contributed by atoms with Gasteiger partial charge >= 0.3 is 0 Å². The summed E-state index contributed by atoms with van der Waals surface area (Å²) >= 11 is 1.92. The van der Waals surface area contributed by atoms with Crippen LogP contribution >= 0.6 is 11.8 Å². The average molecular weight is 518 g/mol. The molecular formula is C37H27NS. The Morgan fingerprint density at radius 2 is 1.28 bits per heavy atom. The zero-order valence-electron chi connectivity index (χ0n) is 22.0. The molecule has 0 bridgehead atoms. The first-order valence-electron chi connectivity index (χ1n) is 13.5. The van der Waals surface area contributed by atoms with Crippen molar-refractivity contribution >= 4 is 39.6 Å². The molecule has 0 saturated carbocycles. The van der Waals surface area contributed by atoms with Gasteiger partial charge in [0.1, 0.15) is 0 Å². The van der Waals surface area contributed by atoms with Crippen LogP contribution in [0.3, 0.4) is 0 Å². The van der Waals surface area contributed by atoms with Gasteiger partial charge in [0.05, 0.1) is 11.4 Å². The first kappa shape index (κ1) is 22.7. The summed E-state index contributed by atoms with van der Waals surface area (Å²) in [4.78, 5) is 5.12. The lowest BCUT2D eigenvalue weighted by Gasteiger charge is -2.36. The van der Waals surface area contributed by atoms with Crippen LogP contribution < -0.4 is 4.90 Å². The van der Waals surface area contributed by atoms with E-state index in [1.54, 1.807) is 0 Å². The summed E-state index contributed by atoms with van der Waals surface area (Å²) in [5.41, 5.74) is 11.7. The number of hydrogen-bond acceptors (Lipinski definition) is 2. The van der Waals surface area contributed by atoms with E-state index in [9.17, 15) is 0 Å². The van der Waals surface area contributed by atoms with Gasteiger partial charge in [-0.15, -0.1) is 0 Å². The number of para-hydroxylation sites is 1. The van der Waals surface area contributed by atoms with Gasteiger partial charge in [-0.05, 0) is 80.6 Å². The van der Waals surface area contributed by atoms with Crippen molar-refractivity contribution in [3.8, 4) is 22.3 Å². The Morgan fingerprint density at radius 3 is 2.15 bits per heavy atom. The molecule has 2 heteroatoms. The molecule has 39 heavy (non-hydrogen) atoms. The van der Waals surface area contributed by atoms with E-state index in [-0.39, 0.29) is 5.41 Å². The third-order valence-electron chi connectivity index (χ3n) is 8.40. The number of anilines is 3. The molecule has 1 nitrogen and oxygen atoms in total. The van der Waals surface area contributed by atoms with Crippen molar-refractivity contribution in [1.29, 1.82) is 0 Å². The van der Waals surface area contributed by atoms with Crippen molar-refractivity contribution in [1.82, 2.24) is 0 Å². The highest BCUT2D eigenvalue weighted by Gasteiger charge is 2.40. The molecular weight excluding hydrogens is 490 g/mol. The van der Waals surface area contributed by atoms with Crippen LogP contribution in [0, 0.1) is 0 Å². The highest BCUT2D eigenvalue weighted by atomic mass is 32.2. The van der Waals surface area contributed by atoms with Crippen molar-refractivity contribution in [2.45, 2.75) is 29.1 Å². The Hall–Kier alpha value is -4.27. The van der Waals surface area contributed by atoms with Gasteiger partial charge in [-0.1, -0.05) is 117 Å². The number of nitrogens with zero attached hydrogens (tertiary/aromatic N) is 1. The van der Waals surface area contributed by atoms with E-state index in [4.69, 9.17) is 0 Å². The zero-order valence-corrected chi connectivity index (χ0v) is 22.8. The fraction of sp³-hybridized carbons (Fsp3) is 0.0811. The first-order chi connectivity index (χ1) is 19.1. The average Bonchev–Trinajstić information content (AvgIpc) is 3.22. The molecule has 186 valence electrons. The molecule has 6 aromatic rings.